The van der Waals surface area contributed by atoms with Crippen molar-refractivity contribution in [2.75, 3.05) is 11.9 Å². The number of fused-ring (bicyclic) bond motifs is 1. The fourth-order valence-electron chi connectivity index (χ4n) is 2.97. The molecule has 0 saturated carbocycles. The van der Waals surface area contributed by atoms with Gasteiger partial charge in [-0.05, 0) is 30.7 Å². The SMILES string of the molecule is CC1CCc2c(sc(NC(=O)COc3c(Cl)c(Cl)c(Cl)c(Cl)c3Cl)c2C#N)C1. The van der Waals surface area contributed by atoms with Gasteiger partial charge in [0.15, 0.2) is 12.4 Å². The number of hydrogen-bond donors (Lipinski definition) is 1. The van der Waals surface area contributed by atoms with Crippen LogP contribution in [0.1, 0.15) is 29.3 Å². The Hall–Kier alpha value is -0.870. The van der Waals surface area contributed by atoms with Gasteiger partial charge in [0.05, 0.1) is 20.6 Å². The molecule has 0 fully saturated rings. The van der Waals surface area contributed by atoms with E-state index in [4.69, 9.17) is 62.7 Å². The van der Waals surface area contributed by atoms with Gasteiger partial charge in [-0.2, -0.15) is 5.26 Å². The number of benzene rings is 1. The molecule has 0 radical (unpaired) electrons. The predicted octanol–water partition coefficient (Wildman–Crippen LogP) is 7.03. The fraction of sp³-hybridized carbons (Fsp3) is 0.333. The van der Waals surface area contributed by atoms with Gasteiger partial charge in [-0.15, -0.1) is 11.3 Å². The summed E-state index contributed by atoms with van der Waals surface area (Å²) in [5.41, 5.74) is 1.55. The number of ether oxygens (including phenoxy) is 1. The highest BCUT2D eigenvalue weighted by Crippen LogP contribution is 2.48. The second-order valence-corrected chi connectivity index (χ2v) is 9.40. The van der Waals surface area contributed by atoms with Crippen LogP contribution in [-0.2, 0) is 17.6 Å². The lowest BCUT2D eigenvalue weighted by molar-refractivity contribution is -0.118. The maximum atomic E-state index is 12.4. The van der Waals surface area contributed by atoms with Crippen molar-refractivity contribution in [1.82, 2.24) is 0 Å². The van der Waals surface area contributed by atoms with Crippen molar-refractivity contribution in [3.63, 3.8) is 0 Å². The maximum absolute atomic E-state index is 12.4. The van der Waals surface area contributed by atoms with E-state index < -0.39 is 12.5 Å². The van der Waals surface area contributed by atoms with Gasteiger partial charge in [0, 0.05) is 4.88 Å². The van der Waals surface area contributed by atoms with E-state index >= 15 is 0 Å². The first-order chi connectivity index (χ1) is 13.2. The van der Waals surface area contributed by atoms with Gasteiger partial charge in [-0.3, -0.25) is 4.79 Å². The standard InChI is InChI=1S/C18H13Cl5N2O2S/c1-7-2-3-8-9(5-24)18(28-10(8)4-7)25-11(26)6-27-17-15(22)13(20)12(19)14(21)16(17)23/h7H,2-4,6H2,1H3,(H,25,26). The molecular formula is C18H13Cl5N2O2S. The molecule has 0 aliphatic heterocycles. The van der Waals surface area contributed by atoms with E-state index in [-0.39, 0.29) is 30.9 Å². The smallest absolute Gasteiger partial charge is 0.262 e. The number of carbonyl (C=O) groups is 1. The summed E-state index contributed by atoms with van der Waals surface area (Å²) in [4.78, 5) is 13.5. The normalized spacial score (nSPS) is 15.7. The molecule has 1 heterocycles. The molecule has 1 amide bonds. The topological polar surface area (TPSA) is 62.1 Å². The summed E-state index contributed by atoms with van der Waals surface area (Å²) in [6.07, 6.45) is 2.79. The van der Waals surface area contributed by atoms with Gasteiger partial charge >= 0.3 is 0 Å². The first kappa shape index (κ1) is 21.8. The highest BCUT2D eigenvalue weighted by atomic mass is 35.5. The largest absolute Gasteiger partial charge is 0.481 e. The summed E-state index contributed by atoms with van der Waals surface area (Å²) >= 11 is 31.5. The molecule has 1 aliphatic rings. The number of nitrogens with zero attached hydrogens (tertiary/aromatic N) is 1. The second-order valence-electron chi connectivity index (χ2n) is 6.40. The average molecular weight is 499 g/mol. The Morgan fingerprint density at radius 3 is 2.39 bits per heavy atom. The number of anilines is 1. The minimum absolute atomic E-state index is 0.00666. The van der Waals surface area contributed by atoms with Crippen LogP contribution in [0.3, 0.4) is 0 Å². The molecule has 148 valence electrons. The van der Waals surface area contributed by atoms with Gasteiger partial charge in [-0.1, -0.05) is 64.9 Å². The molecule has 0 bridgehead atoms. The Morgan fingerprint density at radius 1 is 1.18 bits per heavy atom. The molecular weight excluding hydrogens is 486 g/mol. The molecule has 1 unspecified atom stereocenters. The summed E-state index contributed by atoms with van der Waals surface area (Å²) in [6, 6.07) is 2.20. The number of thiophene rings is 1. The molecule has 1 aromatic heterocycles. The van der Waals surface area contributed by atoms with Crippen molar-refractivity contribution >= 4 is 80.2 Å². The average Bonchev–Trinajstić information content (AvgIpc) is 3.00. The van der Waals surface area contributed by atoms with Crippen molar-refractivity contribution in [2.24, 2.45) is 5.92 Å². The first-order valence-electron chi connectivity index (χ1n) is 8.23. The van der Waals surface area contributed by atoms with E-state index in [2.05, 4.69) is 18.3 Å². The second kappa shape index (κ2) is 8.87. The van der Waals surface area contributed by atoms with Crippen LogP contribution < -0.4 is 10.1 Å². The molecule has 0 spiro atoms. The van der Waals surface area contributed by atoms with Crippen LogP contribution in [0.2, 0.25) is 25.1 Å². The minimum Gasteiger partial charge on any atom is -0.481 e. The summed E-state index contributed by atoms with van der Waals surface area (Å²) < 4.78 is 5.43. The molecule has 0 saturated heterocycles. The number of nitrogens with one attached hydrogen (secondary N) is 1. The lowest BCUT2D eigenvalue weighted by Gasteiger charge is -2.17. The van der Waals surface area contributed by atoms with Crippen molar-refractivity contribution in [2.45, 2.75) is 26.2 Å². The van der Waals surface area contributed by atoms with Crippen molar-refractivity contribution < 1.29 is 9.53 Å². The number of rotatable bonds is 4. The van der Waals surface area contributed by atoms with Crippen LogP contribution in [0.25, 0.3) is 0 Å². The molecule has 1 N–H and O–H groups in total. The van der Waals surface area contributed by atoms with E-state index in [1.165, 1.54) is 11.3 Å². The van der Waals surface area contributed by atoms with E-state index in [0.717, 1.165) is 29.7 Å². The third kappa shape index (κ3) is 4.18. The van der Waals surface area contributed by atoms with Gasteiger partial charge in [0.25, 0.3) is 5.91 Å². The van der Waals surface area contributed by atoms with Crippen molar-refractivity contribution in [1.29, 1.82) is 5.26 Å². The van der Waals surface area contributed by atoms with Gasteiger partial charge in [-0.25, -0.2) is 0 Å². The van der Waals surface area contributed by atoms with Crippen LogP contribution >= 0.6 is 69.3 Å². The molecule has 3 rings (SSSR count). The number of amides is 1. The lowest BCUT2D eigenvalue weighted by atomic mass is 9.89. The summed E-state index contributed by atoms with van der Waals surface area (Å²) in [5, 5.41) is 12.7. The predicted molar refractivity (Wildman–Crippen MR) is 116 cm³/mol. The third-order valence-electron chi connectivity index (χ3n) is 4.39. The zero-order valence-corrected chi connectivity index (χ0v) is 19.1. The number of carbonyl (C=O) groups excluding carboxylic acids is 1. The van der Waals surface area contributed by atoms with Gasteiger partial charge in [0.2, 0.25) is 0 Å². The maximum Gasteiger partial charge on any atom is 0.262 e. The molecule has 10 heteroatoms. The quantitative estimate of drug-likeness (QED) is 0.364. The van der Waals surface area contributed by atoms with Crippen LogP contribution in [-0.4, -0.2) is 12.5 Å². The third-order valence-corrected chi connectivity index (χ3v) is 7.81. The summed E-state index contributed by atoms with van der Waals surface area (Å²) in [5.74, 6) is 0.0726. The van der Waals surface area contributed by atoms with Gasteiger partial charge < -0.3 is 10.1 Å². The summed E-state index contributed by atoms with van der Waals surface area (Å²) in [6.45, 7) is 1.79. The highest BCUT2D eigenvalue weighted by Gasteiger charge is 2.25. The Balaban J connectivity index is 1.76. The highest BCUT2D eigenvalue weighted by molar-refractivity contribution is 7.16. The molecule has 28 heavy (non-hydrogen) atoms. The van der Waals surface area contributed by atoms with Gasteiger partial charge in [0.1, 0.15) is 21.1 Å². The van der Waals surface area contributed by atoms with Crippen molar-refractivity contribution in [3.05, 3.63) is 41.1 Å². The molecule has 1 aromatic carbocycles. The number of hydrogen-bond acceptors (Lipinski definition) is 4. The van der Waals surface area contributed by atoms with E-state index in [1.807, 2.05) is 0 Å². The van der Waals surface area contributed by atoms with Crippen LogP contribution in [0.4, 0.5) is 5.00 Å². The molecule has 1 atom stereocenters. The van der Waals surface area contributed by atoms with Crippen LogP contribution in [0, 0.1) is 17.2 Å². The monoisotopic (exact) mass is 496 g/mol. The van der Waals surface area contributed by atoms with E-state index in [1.54, 1.807) is 0 Å². The lowest BCUT2D eigenvalue weighted by Crippen LogP contribution is -2.20. The van der Waals surface area contributed by atoms with Crippen LogP contribution in [0.5, 0.6) is 5.75 Å². The summed E-state index contributed by atoms with van der Waals surface area (Å²) in [7, 11) is 0. The Bertz CT molecular complexity index is 970. The molecule has 2 aromatic rings. The first-order valence-corrected chi connectivity index (χ1v) is 10.9. The fourth-order valence-corrected chi connectivity index (χ4v) is 5.58. The number of halogens is 5. The van der Waals surface area contributed by atoms with Crippen molar-refractivity contribution in [3.8, 4) is 11.8 Å². The van der Waals surface area contributed by atoms with E-state index in [9.17, 15) is 10.1 Å². The zero-order chi connectivity index (χ0) is 20.6. The van der Waals surface area contributed by atoms with Crippen LogP contribution in [0.15, 0.2) is 0 Å². The Labute approximate surface area is 191 Å². The zero-order valence-electron chi connectivity index (χ0n) is 14.5. The number of nitriles is 1. The molecule has 1 aliphatic carbocycles. The van der Waals surface area contributed by atoms with E-state index in [0.29, 0.717) is 16.5 Å². The Morgan fingerprint density at radius 2 is 1.79 bits per heavy atom. The minimum atomic E-state index is -0.461. The molecule has 4 nitrogen and oxygen atoms in total. The Kier molecular flexibility index (Phi) is 6.92.